The number of halogens is 1. The maximum Gasteiger partial charge on any atom is 0.239 e. The smallest absolute Gasteiger partial charge is 0.239 e. The van der Waals surface area contributed by atoms with E-state index in [-0.39, 0.29) is 12.0 Å². The molecule has 0 saturated carbocycles. The van der Waals surface area contributed by atoms with E-state index >= 15 is 0 Å². The highest BCUT2D eigenvalue weighted by Crippen LogP contribution is 2.26. The summed E-state index contributed by atoms with van der Waals surface area (Å²) in [6.45, 7) is 1.29. The Morgan fingerprint density at radius 2 is 2.33 bits per heavy atom. The second-order valence-electron chi connectivity index (χ2n) is 4.65. The summed E-state index contributed by atoms with van der Waals surface area (Å²) >= 11 is 3.40. The van der Waals surface area contributed by atoms with Gasteiger partial charge in [0.1, 0.15) is 6.04 Å². The summed E-state index contributed by atoms with van der Waals surface area (Å²) in [4.78, 5) is 13.7. The van der Waals surface area contributed by atoms with Gasteiger partial charge in [-0.2, -0.15) is 0 Å². The zero-order valence-corrected chi connectivity index (χ0v) is 11.6. The highest BCUT2D eigenvalue weighted by Gasteiger charge is 2.29. The third-order valence-electron chi connectivity index (χ3n) is 3.23. The average molecular weight is 313 g/mol. The Morgan fingerprint density at radius 1 is 1.56 bits per heavy atom. The highest BCUT2D eigenvalue weighted by atomic mass is 79.9. The van der Waals surface area contributed by atoms with Crippen molar-refractivity contribution in [2.45, 2.75) is 25.0 Å². The van der Waals surface area contributed by atoms with Crippen molar-refractivity contribution >= 4 is 21.8 Å². The monoisotopic (exact) mass is 312 g/mol. The Hall–Kier alpha value is -0.910. The molecule has 18 heavy (non-hydrogen) atoms. The number of nitrogens with two attached hydrogens (primary N) is 1. The number of carbonyl (C=O) groups excluding carboxylic acids is 1. The summed E-state index contributed by atoms with van der Waals surface area (Å²) < 4.78 is 0.920. The second-order valence-corrected chi connectivity index (χ2v) is 5.57. The summed E-state index contributed by atoms with van der Waals surface area (Å²) in [5.74, 6) is -0.373. The minimum atomic E-state index is -0.461. The van der Waals surface area contributed by atoms with Gasteiger partial charge in [0.05, 0.1) is 6.10 Å². The summed E-state index contributed by atoms with van der Waals surface area (Å²) in [7, 11) is 0. The highest BCUT2D eigenvalue weighted by molar-refractivity contribution is 9.10. The molecule has 1 heterocycles. The molecule has 1 amide bonds. The first-order chi connectivity index (χ1) is 8.58. The van der Waals surface area contributed by atoms with Crippen LogP contribution in [0.1, 0.15) is 24.4 Å². The van der Waals surface area contributed by atoms with Gasteiger partial charge >= 0.3 is 0 Å². The van der Waals surface area contributed by atoms with E-state index < -0.39 is 6.04 Å². The molecule has 4 nitrogen and oxygen atoms in total. The van der Waals surface area contributed by atoms with E-state index in [2.05, 4.69) is 15.9 Å². The van der Waals surface area contributed by atoms with Crippen LogP contribution in [0.15, 0.2) is 28.7 Å². The first kappa shape index (κ1) is 13.5. The predicted molar refractivity (Wildman–Crippen MR) is 72.9 cm³/mol. The second kappa shape index (κ2) is 5.82. The largest absolute Gasteiger partial charge is 0.392 e. The number of carbonyl (C=O) groups is 1. The first-order valence-electron chi connectivity index (χ1n) is 6.05. The van der Waals surface area contributed by atoms with Crippen molar-refractivity contribution in [2.24, 2.45) is 5.73 Å². The van der Waals surface area contributed by atoms with Gasteiger partial charge in [-0.15, -0.1) is 0 Å². The number of benzene rings is 1. The molecule has 2 atom stereocenters. The fraction of sp³-hybridized carbons (Fsp3) is 0.462. The summed E-state index contributed by atoms with van der Waals surface area (Å²) in [6.07, 6.45) is 1.31. The van der Waals surface area contributed by atoms with Gasteiger partial charge in [-0.1, -0.05) is 28.1 Å². The molecule has 1 aromatic carbocycles. The Morgan fingerprint density at radius 3 is 2.94 bits per heavy atom. The molecule has 98 valence electrons. The minimum absolute atomic E-state index is 0.368. The zero-order valence-electron chi connectivity index (χ0n) is 10.1. The Balaban J connectivity index is 2.25. The van der Waals surface area contributed by atoms with Crippen LogP contribution in [0.2, 0.25) is 0 Å². The molecular weight excluding hydrogens is 296 g/mol. The van der Waals surface area contributed by atoms with Crippen LogP contribution in [0.4, 0.5) is 0 Å². The molecule has 0 spiro atoms. The lowest BCUT2D eigenvalue weighted by Gasteiger charge is -2.35. The lowest BCUT2D eigenvalue weighted by molar-refractivity contribution is -0.124. The van der Waals surface area contributed by atoms with E-state index in [0.29, 0.717) is 6.54 Å². The van der Waals surface area contributed by atoms with Crippen molar-refractivity contribution in [1.82, 2.24) is 4.90 Å². The fourth-order valence-electron chi connectivity index (χ4n) is 2.45. The van der Waals surface area contributed by atoms with Crippen LogP contribution in [0.5, 0.6) is 0 Å². The van der Waals surface area contributed by atoms with Crippen molar-refractivity contribution in [1.29, 1.82) is 0 Å². The van der Waals surface area contributed by atoms with Gasteiger partial charge in [0.2, 0.25) is 5.91 Å². The summed E-state index contributed by atoms with van der Waals surface area (Å²) in [6, 6.07) is 7.12. The van der Waals surface area contributed by atoms with E-state index in [4.69, 9.17) is 5.73 Å². The van der Waals surface area contributed by atoms with Crippen LogP contribution < -0.4 is 5.73 Å². The van der Waals surface area contributed by atoms with Gasteiger partial charge in [0.25, 0.3) is 0 Å². The number of aliphatic hydroxyl groups is 1. The summed E-state index contributed by atoms with van der Waals surface area (Å²) in [5.41, 5.74) is 6.38. The molecule has 0 bridgehead atoms. The molecule has 2 unspecified atom stereocenters. The number of hydrogen-bond donors (Lipinski definition) is 2. The average Bonchev–Trinajstić information content (AvgIpc) is 2.28. The van der Waals surface area contributed by atoms with Crippen LogP contribution in [-0.4, -0.2) is 35.1 Å². The Labute approximate surface area is 115 Å². The molecular formula is C13H17BrN2O2. The van der Waals surface area contributed by atoms with Gasteiger partial charge in [0, 0.05) is 11.0 Å². The maximum absolute atomic E-state index is 11.7. The van der Waals surface area contributed by atoms with E-state index in [9.17, 15) is 9.90 Å². The molecule has 1 saturated heterocycles. The standard InChI is InChI=1S/C13H17BrN2O2/c14-10-4-1-3-9(7-10)12(13(15)18)16-6-2-5-11(17)8-16/h1,3-4,7,11-12,17H,2,5-6,8H2,(H2,15,18). The number of likely N-dealkylation sites (tertiary alicyclic amines) is 1. The SMILES string of the molecule is NC(=O)C(c1cccc(Br)c1)N1CCCC(O)C1. The fourth-order valence-corrected chi connectivity index (χ4v) is 2.87. The van der Waals surface area contributed by atoms with Crippen molar-refractivity contribution in [2.75, 3.05) is 13.1 Å². The topological polar surface area (TPSA) is 66.6 Å². The number of hydrogen-bond acceptors (Lipinski definition) is 3. The number of piperidine rings is 1. The zero-order chi connectivity index (χ0) is 13.1. The van der Waals surface area contributed by atoms with Gasteiger partial charge < -0.3 is 10.8 Å². The van der Waals surface area contributed by atoms with Gasteiger partial charge in [0.15, 0.2) is 0 Å². The van der Waals surface area contributed by atoms with Crippen molar-refractivity contribution < 1.29 is 9.90 Å². The third-order valence-corrected chi connectivity index (χ3v) is 3.72. The molecule has 1 aliphatic rings. The number of nitrogens with zero attached hydrogens (tertiary/aromatic N) is 1. The molecule has 5 heteroatoms. The number of aliphatic hydroxyl groups excluding tert-OH is 1. The Bertz CT molecular complexity index is 439. The minimum Gasteiger partial charge on any atom is -0.392 e. The van der Waals surface area contributed by atoms with E-state index in [1.54, 1.807) is 0 Å². The molecule has 1 aromatic rings. The van der Waals surface area contributed by atoms with Gasteiger partial charge in [-0.05, 0) is 37.1 Å². The summed E-state index contributed by atoms with van der Waals surface area (Å²) in [5, 5.41) is 9.71. The molecule has 1 aliphatic heterocycles. The van der Waals surface area contributed by atoms with Crippen LogP contribution in [0.25, 0.3) is 0 Å². The van der Waals surface area contributed by atoms with Crippen LogP contribution in [0, 0.1) is 0 Å². The van der Waals surface area contributed by atoms with Crippen molar-refractivity contribution in [3.63, 3.8) is 0 Å². The number of β-amino-alcohol motifs (C(OH)–C–C–N with tert-alkyl or cyclic N) is 1. The normalized spacial score (nSPS) is 22.7. The van der Waals surface area contributed by atoms with Crippen LogP contribution in [0.3, 0.4) is 0 Å². The molecule has 0 aromatic heterocycles. The number of primary amides is 1. The van der Waals surface area contributed by atoms with Crippen molar-refractivity contribution in [3.8, 4) is 0 Å². The van der Waals surface area contributed by atoms with E-state index in [0.717, 1.165) is 29.4 Å². The first-order valence-corrected chi connectivity index (χ1v) is 6.84. The molecule has 0 aliphatic carbocycles. The van der Waals surface area contributed by atoms with Crippen molar-refractivity contribution in [3.05, 3.63) is 34.3 Å². The van der Waals surface area contributed by atoms with Crippen LogP contribution >= 0.6 is 15.9 Å². The molecule has 2 rings (SSSR count). The lowest BCUT2D eigenvalue weighted by atomic mass is 10.0. The van der Waals surface area contributed by atoms with E-state index in [1.165, 1.54) is 0 Å². The third kappa shape index (κ3) is 3.10. The molecule has 0 radical (unpaired) electrons. The quantitative estimate of drug-likeness (QED) is 0.887. The van der Waals surface area contributed by atoms with Gasteiger partial charge in [-0.3, -0.25) is 9.69 Å². The van der Waals surface area contributed by atoms with Gasteiger partial charge in [-0.25, -0.2) is 0 Å². The van der Waals surface area contributed by atoms with Crippen LogP contribution in [-0.2, 0) is 4.79 Å². The molecule has 3 N–H and O–H groups in total. The predicted octanol–water partition coefficient (Wildman–Crippen LogP) is 1.43. The maximum atomic E-state index is 11.7. The number of amides is 1. The lowest BCUT2D eigenvalue weighted by Crippen LogP contribution is -2.45. The Kier molecular flexibility index (Phi) is 4.37. The molecule has 1 fully saturated rings. The number of rotatable bonds is 3. The van der Waals surface area contributed by atoms with E-state index in [1.807, 2.05) is 29.2 Å².